The van der Waals surface area contributed by atoms with Crippen molar-refractivity contribution >= 4 is 5.82 Å². The van der Waals surface area contributed by atoms with Gasteiger partial charge >= 0.3 is 0 Å². The minimum atomic E-state index is 0.577. The van der Waals surface area contributed by atoms with Gasteiger partial charge in [0, 0.05) is 57.8 Å². The van der Waals surface area contributed by atoms with E-state index >= 15 is 0 Å². The standard InChI is InChI=1S/C19H27N5O/c1-3-17(14-23-7-9-25-10-8-23)4-2-16(1)11-20-12-18-13-21-19-5-6-22-24(19)15-18/h1-6,18,20-21H,7-15H2. The molecule has 2 aromatic rings. The van der Waals surface area contributed by atoms with Gasteiger partial charge in [-0.05, 0) is 11.1 Å². The van der Waals surface area contributed by atoms with Crippen LogP contribution in [0.25, 0.3) is 0 Å². The monoisotopic (exact) mass is 341 g/mol. The van der Waals surface area contributed by atoms with Crippen LogP contribution in [0.3, 0.4) is 0 Å². The molecule has 1 fully saturated rings. The molecule has 1 aromatic carbocycles. The smallest absolute Gasteiger partial charge is 0.124 e. The van der Waals surface area contributed by atoms with Crippen molar-refractivity contribution in [2.75, 3.05) is 44.7 Å². The lowest BCUT2D eigenvalue weighted by molar-refractivity contribution is 0.0342. The Morgan fingerprint density at radius 3 is 2.76 bits per heavy atom. The van der Waals surface area contributed by atoms with E-state index in [1.807, 2.05) is 12.3 Å². The number of anilines is 1. The topological polar surface area (TPSA) is 54.4 Å². The first kappa shape index (κ1) is 16.6. The molecule has 1 unspecified atom stereocenters. The van der Waals surface area contributed by atoms with Gasteiger partial charge in [-0.1, -0.05) is 24.3 Å². The maximum Gasteiger partial charge on any atom is 0.124 e. The van der Waals surface area contributed by atoms with E-state index in [0.717, 1.165) is 64.8 Å². The normalized spacial score (nSPS) is 20.9. The second-order valence-electron chi connectivity index (χ2n) is 6.98. The van der Waals surface area contributed by atoms with E-state index < -0.39 is 0 Å². The van der Waals surface area contributed by atoms with E-state index in [-0.39, 0.29) is 0 Å². The SMILES string of the molecule is c1cc2n(n1)CC(CNCc1ccc(CN3CCOCC3)cc1)CN2. The van der Waals surface area contributed by atoms with E-state index in [1.54, 1.807) is 0 Å². The Bertz CT molecular complexity index is 663. The largest absolute Gasteiger partial charge is 0.379 e. The summed E-state index contributed by atoms with van der Waals surface area (Å²) >= 11 is 0. The molecule has 0 spiro atoms. The summed E-state index contributed by atoms with van der Waals surface area (Å²) in [5.41, 5.74) is 2.72. The van der Waals surface area contributed by atoms with Crippen molar-refractivity contribution in [1.29, 1.82) is 0 Å². The molecular weight excluding hydrogens is 314 g/mol. The third-order valence-corrected chi connectivity index (χ3v) is 5.01. The first-order valence-corrected chi connectivity index (χ1v) is 9.21. The number of hydrogen-bond donors (Lipinski definition) is 2. The van der Waals surface area contributed by atoms with Crippen molar-refractivity contribution in [2.24, 2.45) is 5.92 Å². The molecule has 4 rings (SSSR count). The highest BCUT2D eigenvalue weighted by Crippen LogP contribution is 2.16. The van der Waals surface area contributed by atoms with E-state index in [4.69, 9.17) is 4.74 Å². The first-order valence-electron chi connectivity index (χ1n) is 9.21. The number of rotatable bonds is 6. The highest BCUT2D eigenvalue weighted by molar-refractivity contribution is 5.35. The van der Waals surface area contributed by atoms with Crippen LogP contribution >= 0.6 is 0 Å². The predicted molar refractivity (Wildman–Crippen MR) is 98.5 cm³/mol. The average molecular weight is 341 g/mol. The summed E-state index contributed by atoms with van der Waals surface area (Å²) in [6, 6.07) is 11.0. The van der Waals surface area contributed by atoms with Crippen LogP contribution in [0, 0.1) is 5.92 Å². The highest BCUT2D eigenvalue weighted by Gasteiger charge is 2.17. The lowest BCUT2D eigenvalue weighted by Crippen LogP contribution is -2.35. The maximum absolute atomic E-state index is 5.41. The quantitative estimate of drug-likeness (QED) is 0.835. The molecule has 1 atom stereocenters. The van der Waals surface area contributed by atoms with Gasteiger partial charge < -0.3 is 15.4 Å². The van der Waals surface area contributed by atoms with Crippen LogP contribution in [0.4, 0.5) is 5.82 Å². The summed E-state index contributed by atoms with van der Waals surface area (Å²) < 4.78 is 7.46. The number of nitrogens with one attached hydrogen (secondary N) is 2. The Kier molecular flexibility index (Phi) is 5.30. The second-order valence-corrected chi connectivity index (χ2v) is 6.98. The van der Waals surface area contributed by atoms with Gasteiger partial charge in [0.2, 0.25) is 0 Å². The predicted octanol–water partition coefficient (Wildman–Crippen LogP) is 1.55. The van der Waals surface area contributed by atoms with Crippen LogP contribution in [0.15, 0.2) is 36.5 Å². The molecule has 2 aliphatic heterocycles. The molecule has 2 aliphatic rings. The van der Waals surface area contributed by atoms with Crippen molar-refractivity contribution in [1.82, 2.24) is 20.0 Å². The molecule has 6 heteroatoms. The number of benzene rings is 1. The minimum absolute atomic E-state index is 0.577. The zero-order chi connectivity index (χ0) is 16.9. The number of fused-ring (bicyclic) bond motifs is 1. The third-order valence-electron chi connectivity index (χ3n) is 5.01. The summed E-state index contributed by atoms with van der Waals surface area (Å²) in [6.45, 7) is 8.74. The molecule has 3 heterocycles. The average Bonchev–Trinajstić information content (AvgIpc) is 3.12. The van der Waals surface area contributed by atoms with Crippen LogP contribution in [-0.4, -0.2) is 54.1 Å². The van der Waals surface area contributed by atoms with Crippen LogP contribution in [0.5, 0.6) is 0 Å². The van der Waals surface area contributed by atoms with Gasteiger partial charge in [-0.3, -0.25) is 4.90 Å². The number of nitrogens with zero attached hydrogens (tertiary/aromatic N) is 3. The number of ether oxygens (including phenoxy) is 1. The maximum atomic E-state index is 5.41. The van der Waals surface area contributed by atoms with E-state index in [9.17, 15) is 0 Å². The Hall–Kier alpha value is -1.89. The zero-order valence-electron chi connectivity index (χ0n) is 14.7. The highest BCUT2D eigenvalue weighted by atomic mass is 16.5. The molecule has 0 aliphatic carbocycles. The third kappa shape index (κ3) is 4.39. The van der Waals surface area contributed by atoms with Gasteiger partial charge in [0.1, 0.15) is 5.82 Å². The molecule has 2 N–H and O–H groups in total. The second kappa shape index (κ2) is 7.99. The molecule has 1 saturated heterocycles. The Morgan fingerprint density at radius 2 is 1.92 bits per heavy atom. The van der Waals surface area contributed by atoms with Gasteiger partial charge in [-0.25, -0.2) is 4.68 Å². The van der Waals surface area contributed by atoms with E-state index in [1.165, 1.54) is 11.1 Å². The molecule has 1 aromatic heterocycles. The summed E-state index contributed by atoms with van der Waals surface area (Å²) in [5.74, 6) is 1.71. The van der Waals surface area contributed by atoms with Gasteiger partial charge in [0.05, 0.1) is 19.4 Å². The van der Waals surface area contributed by atoms with E-state index in [0.29, 0.717) is 5.92 Å². The molecule has 25 heavy (non-hydrogen) atoms. The van der Waals surface area contributed by atoms with Crippen LogP contribution < -0.4 is 10.6 Å². The van der Waals surface area contributed by atoms with Gasteiger partial charge in [-0.2, -0.15) is 5.10 Å². The molecule has 134 valence electrons. The Balaban J connectivity index is 1.21. The summed E-state index contributed by atoms with van der Waals surface area (Å²) in [6.07, 6.45) is 1.86. The summed E-state index contributed by atoms with van der Waals surface area (Å²) in [5, 5.41) is 11.4. The van der Waals surface area contributed by atoms with Crippen molar-refractivity contribution in [3.63, 3.8) is 0 Å². The fourth-order valence-electron chi connectivity index (χ4n) is 3.52. The fraction of sp³-hybridized carbons (Fsp3) is 0.526. The summed E-state index contributed by atoms with van der Waals surface area (Å²) in [4.78, 5) is 2.45. The van der Waals surface area contributed by atoms with Gasteiger partial charge in [0.25, 0.3) is 0 Å². The number of aromatic nitrogens is 2. The Morgan fingerprint density at radius 1 is 1.12 bits per heavy atom. The molecular formula is C19H27N5O. The Labute approximate surface area is 149 Å². The molecule has 0 amide bonds. The first-order chi connectivity index (χ1) is 12.4. The van der Waals surface area contributed by atoms with Gasteiger partial charge in [-0.15, -0.1) is 0 Å². The number of morpholine rings is 1. The number of hydrogen-bond acceptors (Lipinski definition) is 5. The van der Waals surface area contributed by atoms with Crippen molar-refractivity contribution in [3.05, 3.63) is 47.7 Å². The van der Waals surface area contributed by atoms with E-state index in [2.05, 4.69) is 49.6 Å². The molecule has 0 radical (unpaired) electrons. The van der Waals surface area contributed by atoms with Crippen LogP contribution in [0.1, 0.15) is 11.1 Å². The lowest BCUT2D eigenvalue weighted by Gasteiger charge is -2.26. The van der Waals surface area contributed by atoms with Crippen molar-refractivity contribution < 1.29 is 4.74 Å². The fourth-order valence-corrected chi connectivity index (χ4v) is 3.52. The minimum Gasteiger partial charge on any atom is -0.379 e. The van der Waals surface area contributed by atoms with Crippen LogP contribution in [-0.2, 0) is 24.4 Å². The molecule has 6 nitrogen and oxygen atoms in total. The van der Waals surface area contributed by atoms with Crippen molar-refractivity contribution in [3.8, 4) is 0 Å². The van der Waals surface area contributed by atoms with Crippen LogP contribution in [0.2, 0.25) is 0 Å². The van der Waals surface area contributed by atoms with Gasteiger partial charge in [0.15, 0.2) is 0 Å². The zero-order valence-corrected chi connectivity index (χ0v) is 14.7. The summed E-state index contributed by atoms with van der Waals surface area (Å²) in [7, 11) is 0. The van der Waals surface area contributed by atoms with Crippen molar-refractivity contribution in [2.45, 2.75) is 19.6 Å². The molecule has 0 bridgehead atoms. The molecule has 0 saturated carbocycles. The lowest BCUT2D eigenvalue weighted by atomic mass is 10.1.